The van der Waals surface area contributed by atoms with Gasteiger partial charge in [-0.15, -0.1) is 0 Å². The summed E-state index contributed by atoms with van der Waals surface area (Å²) in [5.74, 6) is 0.202. The summed E-state index contributed by atoms with van der Waals surface area (Å²) >= 11 is 0. The van der Waals surface area contributed by atoms with E-state index in [9.17, 15) is 9.59 Å². The number of rotatable bonds is 5. The van der Waals surface area contributed by atoms with E-state index in [-0.39, 0.29) is 17.9 Å². The molecule has 4 atom stereocenters. The second-order valence-electron chi connectivity index (χ2n) is 5.27. The van der Waals surface area contributed by atoms with E-state index in [2.05, 4.69) is 5.32 Å². The highest BCUT2D eigenvalue weighted by Gasteiger charge is 2.51. The minimum atomic E-state index is -0.859. The van der Waals surface area contributed by atoms with Crippen LogP contribution in [0.25, 0.3) is 0 Å². The molecule has 0 radical (unpaired) electrons. The van der Waals surface area contributed by atoms with Crippen molar-refractivity contribution in [1.82, 2.24) is 5.32 Å². The smallest absolute Gasteiger partial charge is 0.308 e. The van der Waals surface area contributed by atoms with Gasteiger partial charge in [0.25, 0.3) is 0 Å². The van der Waals surface area contributed by atoms with Crippen LogP contribution in [0.4, 0.5) is 0 Å². The maximum Gasteiger partial charge on any atom is 0.308 e. The second-order valence-corrected chi connectivity index (χ2v) is 5.27. The second kappa shape index (κ2) is 4.07. The highest BCUT2D eigenvalue weighted by Crippen LogP contribution is 2.54. The van der Waals surface area contributed by atoms with Gasteiger partial charge in [-0.25, -0.2) is 0 Å². The van der Waals surface area contributed by atoms with E-state index in [1.54, 1.807) is 13.8 Å². The number of carbonyl (C=O) groups excluding carboxylic acids is 1. The van der Waals surface area contributed by atoms with Crippen molar-refractivity contribution in [2.24, 2.45) is 23.7 Å². The summed E-state index contributed by atoms with van der Waals surface area (Å²) in [7, 11) is 0. The topological polar surface area (TPSA) is 66.4 Å². The van der Waals surface area contributed by atoms with Crippen molar-refractivity contribution in [3.8, 4) is 0 Å². The molecule has 0 aromatic rings. The first kappa shape index (κ1) is 11.4. The first-order valence-corrected chi connectivity index (χ1v) is 6.04. The average molecular weight is 225 g/mol. The summed E-state index contributed by atoms with van der Waals surface area (Å²) in [5, 5.41) is 11.6. The number of hydrogen-bond donors (Lipinski definition) is 2. The molecular weight excluding hydrogens is 206 g/mol. The van der Waals surface area contributed by atoms with Crippen LogP contribution < -0.4 is 5.32 Å². The van der Waals surface area contributed by atoms with E-state index in [1.807, 2.05) is 0 Å². The van der Waals surface area contributed by atoms with Gasteiger partial charge in [-0.2, -0.15) is 0 Å². The molecule has 4 unspecified atom stereocenters. The zero-order valence-corrected chi connectivity index (χ0v) is 9.77. The quantitative estimate of drug-likeness (QED) is 0.740. The molecule has 0 aromatic heterocycles. The number of carbonyl (C=O) groups is 2. The summed E-state index contributed by atoms with van der Waals surface area (Å²) < 4.78 is 0. The van der Waals surface area contributed by atoms with Crippen molar-refractivity contribution in [2.45, 2.75) is 39.2 Å². The monoisotopic (exact) mass is 225 g/mol. The van der Waals surface area contributed by atoms with Crippen LogP contribution in [0.3, 0.4) is 0 Å². The zero-order chi connectivity index (χ0) is 11.9. The van der Waals surface area contributed by atoms with Gasteiger partial charge in [-0.1, -0.05) is 0 Å². The maximum atomic E-state index is 11.8. The standard InChI is InChI=1S/C12H19NO3/c1-6(12(15)16)7(2)13-11(14)10-5-9(10)8-3-4-8/h6-10H,3-5H2,1-2H3,(H,13,14)(H,15,16). The number of carboxylic acid groups (broad SMARTS) is 1. The Labute approximate surface area is 95.4 Å². The number of amides is 1. The fourth-order valence-electron chi connectivity index (χ4n) is 2.23. The van der Waals surface area contributed by atoms with Crippen LogP contribution >= 0.6 is 0 Å². The molecule has 2 rings (SSSR count). The Balaban J connectivity index is 1.76. The van der Waals surface area contributed by atoms with E-state index in [0.717, 1.165) is 12.3 Å². The predicted octanol–water partition coefficient (Wildman–Crippen LogP) is 1.26. The van der Waals surface area contributed by atoms with Crippen LogP contribution in [0.1, 0.15) is 33.1 Å². The molecular formula is C12H19NO3. The molecule has 0 spiro atoms. The van der Waals surface area contributed by atoms with E-state index in [1.165, 1.54) is 12.8 Å². The molecule has 2 fully saturated rings. The molecule has 2 N–H and O–H groups in total. The van der Waals surface area contributed by atoms with Gasteiger partial charge in [0.2, 0.25) is 5.91 Å². The summed E-state index contributed by atoms with van der Waals surface area (Å²) in [6.07, 6.45) is 3.55. The first-order chi connectivity index (χ1) is 7.50. The van der Waals surface area contributed by atoms with Gasteiger partial charge in [0.15, 0.2) is 0 Å². The van der Waals surface area contributed by atoms with Crippen molar-refractivity contribution < 1.29 is 14.7 Å². The summed E-state index contributed by atoms with van der Waals surface area (Å²) in [6.45, 7) is 3.38. The normalized spacial score (nSPS) is 31.6. The van der Waals surface area contributed by atoms with Gasteiger partial charge in [-0.3, -0.25) is 9.59 Å². The number of nitrogens with one attached hydrogen (secondary N) is 1. The lowest BCUT2D eigenvalue weighted by molar-refractivity contribution is -0.142. The van der Waals surface area contributed by atoms with Gasteiger partial charge in [-0.05, 0) is 44.9 Å². The molecule has 2 saturated carbocycles. The predicted molar refractivity (Wildman–Crippen MR) is 58.7 cm³/mol. The molecule has 90 valence electrons. The Kier molecular flexibility index (Phi) is 2.91. The van der Waals surface area contributed by atoms with Crippen molar-refractivity contribution >= 4 is 11.9 Å². The highest BCUT2D eigenvalue weighted by atomic mass is 16.4. The Bertz CT molecular complexity index is 311. The van der Waals surface area contributed by atoms with Crippen LogP contribution in [0.15, 0.2) is 0 Å². The number of hydrogen-bond acceptors (Lipinski definition) is 2. The van der Waals surface area contributed by atoms with Crippen LogP contribution in [0, 0.1) is 23.7 Å². The van der Waals surface area contributed by atoms with Gasteiger partial charge >= 0.3 is 5.97 Å². The Morgan fingerprint density at radius 1 is 1.31 bits per heavy atom. The average Bonchev–Trinajstić information content (AvgIpc) is 3.03. The molecule has 0 aliphatic heterocycles. The first-order valence-electron chi connectivity index (χ1n) is 6.04. The van der Waals surface area contributed by atoms with Gasteiger partial charge < -0.3 is 10.4 Å². The van der Waals surface area contributed by atoms with E-state index >= 15 is 0 Å². The molecule has 0 heterocycles. The van der Waals surface area contributed by atoms with E-state index in [4.69, 9.17) is 5.11 Å². The van der Waals surface area contributed by atoms with Gasteiger partial charge in [0.05, 0.1) is 5.92 Å². The van der Waals surface area contributed by atoms with Crippen molar-refractivity contribution in [1.29, 1.82) is 0 Å². The molecule has 0 aromatic carbocycles. The largest absolute Gasteiger partial charge is 0.481 e. The third-order valence-electron chi connectivity index (χ3n) is 3.91. The van der Waals surface area contributed by atoms with E-state index < -0.39 is 11.9 Å². The summed E-state index contributed by atoms with van der Waals surface area (Å²) in [5.41, 5.74) is 0. The Morgan fingerprint density at radius 2 is 1.94 bits per heavy atom. The molecule has 0 bridgehead atoms. The van der Waals surface area contributed by atoms with E-state index in [0.29, 0.717) is 5.92 Å². The zero-order valence-electron chi connectivity index (χ0n) is 9.77. The Morgan fingerprint density at radius 3 is 2.44 bits per heavy atom. The summed E-state index contributed by atoms with van der Waals surface area (Å²) in [6, 6.07) is -0.287. The lowest BCUT2D eigenvalue weighted by Gasteiger charge is -2.17. The van der Waals surface area contributed by atoms with Crippen LogP contribution in [-0.2, 0) is 9.59 Å². The van der Waals surface area contributed by atoms with Crippen molar-refractivity contribution in [3.63, 3.8) is 0 Å². The fourth-order valence-corrected chi connectivity index (χ4v) is 2.23. The SMILES string of the molecule is CC(NC(=O)C1CC1C1CC1)C(C)C(=O)O. The molecule has 1 amide bonds. The minimum Gasteiger partial charge on any atom is -0.481 e. The molecule has 2 aliphatic carbocycles. The van der Waals surface area contributed by atoms with Crippen LogP contribution in [0.5, 0.6) is 0 Å². The third-order valence-corrected chi connectivity index (χ3v) is 3.91. The van der Waals surface area contributed by atoms with Crippen LogP contribution in [-0.4, -0.2) is 23.0 Å². The summed E-state index contributed by atoms with van der Waals surface area (Å²) in [4.78, 5) is 22.5. The highest BCUT2D eigenvalue weighted by molar-refractivity contribution is 5.82. The third kappa shape index (κ3) is 2.36. The van der Waals surface area contributed by atoms with Crippen molar-refractivity contribution in [2.75, 3.05) is 0 Å². The fraction of sp³-hybridized carbons (Fsp3) is 0.833. The number of aliphatic carboxylic acids is 1. The van der Waals surface area contributed by atoms with Gasteiger partial charge in [0, 0.05) is 12.0 Å². The molecule has 4 nitrogen and oxygen atoms in total. The number of carboxylic acids is 1. The Hall–Kier alpha value is -1.06. The van der Waals surface area contributed by atoms with Gasteiger partial charge in [0.1, 0.15) is 0 Å². The molecule has 4 heteroatoms. The molecule has 16 heavy (non-hydrogen) atoms. The van der Waals surface area contributed by atoms with Crippen molar-refractivity contribution in [3.05, 3.63) is 0 Å². The molecule has 0 saturated heterocycles. The minimum absolute atomic E-state index is 0.0532. The maximum absolute atomic E-state index is 11.8. The van der Waals surface area contributed by atoms with Crippen LogP contribution in [0.2, 0.25) is 0 Å². The lowest BCUT2D eigenvalue weighted by atomic mass is 10.0. The molecule has 2 aliphatic rings. The lowest BCUT2D eigenvalue weighted by Crippen LogP contribution is -2.41.